The Bertz CT molecular complexity index is 607. The number of hydrogen-bond donors (Lipinski definition) is 1. The molecule has 0 aliphatic carbocycles. The average Bonchev–Trinajstić information content (AvgIpc) is 2.76. The van der Waals surface area contributed by atoms with Crippen LogP contribution in [0.3, 0.4) is 0 Å². The fraction of sp³-hybridized carbons (Fsp3) is 0.667. The van der Waals surface area contributed by atoms with E-state index in [0.29, 0.717) is 30.3 Å². The molecule has 2 heterocycles. The number of hydrogen-bond acceptors (Lipinski definition) is 6. The molecule has 1 N–H and O–H groups in total. The summed E-state index contributed by atoms with van der Waals surface area (Å²) < 4.78 is 23.2. The molecule has 0 amide bonds. The Hall–Kier alpha value is -1.15. The lowest BCUT2D eigenvalue weighted by molar-refractivity contribution is -0.142. The summed E-state index contributed by atoms with van der Waals surface area (Å²) in [7, 11) is -2.95. The van der Waals surface area contributed by atoms with Gasteiger partial charge >= 0.3 is 5.97 Å². The molecule has 8 heteroatoms. The number of carboxylic acids is 1. The molecule has 112 valence electrons. The first kappa shape index (κ1) is 15.2. The summed E-state index contributed by atoms with van der Waals surface area (Å²) in [5.41, 5.74) is -0.524. The SMILES string of the molecule is CC(C)(C(=O)O)c1csc(N2CCCS(=O)(=O)CC2)n1. The second kappa shape index (κ2) is 5.33. The van der Waals surface area contributed by atoms with Gasteiger partial charge in [0.15, 0.2) is 15.0 Å². The molecule has 1 aliphatic heterocycles. The number of rotatable bonds is 3. The molecule has 1 fully saturated rings. The molecule has 1 aromatic rings. The summed E-state index contributed by atoms with van der Waals surface area (Å²) in [6.45, 7) is 4.28. The highest BCUT2D eigenvalue weighted by Crippen LogP contribution is 2.29. The molecule has 1 aliphatic rings. The quantitative estimate of drug-likeness (QED) is 0.899. The summed E-state index contributed by atoms with van der Waals surface area (Å²) in [5, 5.41) is 11.6. The van der Waals surface area contributed by atoms with Crippen LogP contribution in [0.1, 0.15) is 26.0 Å². The number of aromatic nitrogens is 1. The smallest absolute Gasteiger partial charge is 0.315 e. The van der Waals surface area contributed by atoms with Crippen molar-refractivity contribution in [2.75, 3.05) is 29.5 Å². The van der Waals surface area contributed by atoms with Crippen molar-refractivity contribution in [2.45, 2.75) is 25.7 Å². The molecule has 1 saturated heterocycles. The topological polar surface area (TPSA) is 87.6 Å². The largest absolute Gasteiger partial charge is 0.481 e. The first-order valence-corrected chi connectivity index (χ1v) is 9.07. The number of carboxylic acid groups (broad SMARTS) is 1. The highest BCUT2D eigenvalue weighted by Gasteiger charge is 2.33. The van der Waals surface area contributed by atoms with Gasteiger partial charge in [0.05, 0.1) is 17.2 Å². The molecule has 0 unspecified atom stereocenters. The molecule has 0 atom stereocenters. The van der Waals surface area contributed by atoms with Crippen molar-refractivity contribution >= 4 is 32.3 Å². The average molecular weight is 318 g/mol. The van der Waals surface area contributed by atoms with Crippen molar-refractivity contribution in [2.24, 2.45) is 0 Å². The van der Waals surface area contributed by atoms with Crippen molar-refractivity contribution in [3.63, 3.8) is 0 Å². The van der Waals surface area contributed by atoms with E-state index in [0.717, 1.165) is 0 Å². The third kappa shape index (κ3) is 3.12. The molecular weight excluding hydrogens is 300 g/mol. The normalized spacial score (nSPS) is 19.6. The maximum Gasteiger partial charge on any atom is 0.315 e. The Morgan fingerprint density at radius 1 is 1.40 bits per heavy atom. The van der Waals surface area contributed by atoms with E-state index in [2.05, 4.69) is 4.98 Å². The van der Waals surface area contributed by atoms with Crippen LogP contribution < -0.4 is 4.90 Å². The van der Waals surface area contributed by atoms with E-state index < -0.39 is 21.2 Å². The minimum atomic E-state index is -2.95. The third-order valence-electron chi connectivity index (χ3n) is 3.49. The van der Waals surface area contributed by atoms with Gasteiger partial charge in [-0.15, -0.1) is 11.3 Å². The van der Waals surface area contributed by atoms with Crippen molar-refractivity contribution in [3.8, 4) is 0 Å². The predicted octanol–water partition coefficient (Wildman–Crippen LogP) is 1.13. The monoisotopic (exact) mass is 318 g/mol. The van der Waals surface area contributed by atoms with Gasteiger partial charge in [-0.05, 0) is 20.3 Å². The van der Waals surface area contributed by atoms with Gasteiger partial charge in [-0.3, -0.25) is 4.79 Å². The van der Waals surface area contributed by atoms with Gasteiger partial charge in [0, 0.05) is 18.5 Å². The van der Waals surface area contributed by atoms with E-state index in [1.807, 2.05) is 4.90 Å². The number of aliphatic carboxylic acids is 1. The summed E-state index contributed by atoms with van der Waals surface area (Å²) in [6.07, 6.45) is 0.583. The van der Waals surface area contributed by atoms with Gasteiger partial charge in [0.1, 0.15) is 5.41 Å². The highest BCUT2D eigenvalue weighted by molar-refractivity contribution is 7.91. The van der Waals surface area contributed by atoms with Crippen molar-refractivity contribution in [1.82, 2.24) is 4.98 Å². The van der Waals surface area contributed by atoms with Crippen LogP contribution in [0.25, 0.3) is 0 Å². The van der Waals surface area contributed by atoms with E-state index >= 15 is 0 Å². The summed E-state index contributed by atoms with van der Waals surface area (Å²) in [6, 6.07) is 0. The van der Waals surface area contributed by atoms with E-state index in [9.17, 15) is 18.3 Å². The van der Waals surface area contributed by atoms with Crippen molar-refractivity contribution < 1.29 is 18.3 Å². The van der Waals surface area contributed by atoms with Crippen LogP contribution in [-0.2, 0) is 20.0 Å². The molecular formula is C12H18N2O4S2. The van der Waals surface area contributed by atoms with E-state index in [4.69, 9.17) is 0 Å². The Balaban J connectivity index is 2.19. The molecule has 0 saturated carbocycles. The summed E-state index contributed by atoms with van der Waals surface area (Å²) in [5.74, 6) is -0.583. The zero-order valence-electron chi connectivity index (χ0n) is 11.5. The van der Waals surface area contributed by atoms with Crippen LogP contribution in [0.5, 0.6) is 0 Å². The van der Waals surface area contributed by atoms with Crippen LogP contribution in [0.4, 0.5) is 5.13 Å². The van der Waals surface area contributed by atoms with Gasteiger partial charge < -0.3 is 10.0 Å². The van der Waals surface area contributed by atoms with Gasteiger partial charge in [0.25, 0.3) is 0 Å². The molecule has 1 aromatic heterocycles. The van der Waals surface area contributed by atoms with Crippen LogP contribution >= 0.6 is 11.3 Å². The van der Waals surface area contributed by atoms with Gasteiger partial charge in [-0.2, -0.15) is 0 Å². The molecule has 0 spiro atoms. The van der Waals surface area contributed by atoms with Crippen LogP contribution in [0.15, 0.2) is 5.38 Å². The lowest BCUT2D eigenvalue weighted by Gasteiger charge is -2.19. The fourth-order valence-electron chi connectivity index (χ4n) is 1.94. The zero-order chi connectivity index (χ0) is 15.0. The second-order valence-corrected chi connectivity index (χ2v) is 8.58. The third-order valence-corrected chi connectivity index (χ3v) is 6.11. The Labute approximate surface area is 122 Å². The Morgan fingerprint density at radius 3 is 2.75 bits per heavy atom. The highest BCUT2D eigenvalue weighted by atomic mass is 32.2. The number of anilines is 1. The summed E-state index contributed by atoms with van der Waals surface area (Å²) in [4.78, 5) is 17.5. The number of thiazole rings is 1. The maximum atomic E-state index is 11.6. The number of sulfone groups is 1. The minimum Gasteiger partial charge on any atom is -0.481 e. The predicted molar refractivity (Wildman–Crippen MR) is 78.3 cm³/mol. The lowest BCUT2D eigenvalue weighted by Crippen LogP contribution is -2.30. The number of nitrogens with zero attached hydrogens (tertiary/aromatic N) is 2. The van der Waals surface area contributed by atoms with Crippen molar-refractivity contribution in [1.29, 1.82) is 0 Å². The van der Waals surface area contributed by atoms with Crippen molar-refractivity contribution in [3.05, 3.63) is 11.1 Å². The van der Waals surface area contributed by atoms with Gasteiger partial charge in [0.2, 0.25) is 0 Å². The molecule has 6 nitrogen and oxygen atoms in total. The Morgan fingerprint density at radius 2 is 2.10 bits per heavy atom. The van der Waals surface area contributed by atoms with Crippen LogP contribution in [0, 0.1) is 0 Å². The van der Waals surface area contributed by atoms with Gasteiger partial charge in [-0.1, -0.05) is 0 Å². The van der Waals surface area contributed by atoms with E-state index in [-0.39, 0.29) is 11.5 Å². The lowest BCUT2D eigenvalue weighted by atomic mass is 9.90. The maximum absolute atomic E-state index is 11.6. The van der Waals surface area contributed by atoms with Gasteiger partial charge in [-0.25, -0.2) is 13.4 Å². The molecule has 2 rings (SSSR count). The second-order valence-electron chi connectivity index (χ2n) is 5.44. The number of carbonyl (C=O) groups is 1. The first-order valence-electron chi connectivity index (χ1n) is 6.37. The first-order chi connectivity index (χ1) is 9.22. The minimum absolute atomic E-state index is 0.129. The van der Waals surface area contributed by atoms with E-state index in [1.165, 1.54) is 11.3 Å². The van der Waals surface area contributed by atoms with Crippen LogP contribution in [0.2, 0.25) is 0 Å². The van der Waals surface area contributed by atoms with E-state index in [1.54, 1.807) is 19.2 Å². The molecule has 0 bridgehead atoms. The van der Waals surface area contributed by atoms with Crippen LogP contribution in [-0.4, -0.2) is 49.1 Å². The fourth-order valence-corrected chi connectivity index (χ4v) is 4.25. The molecule has 20 heavy (non-hydrogen) atoms. The Kier molecular flexibility index (Phi) is 4.06. The zero-order valence-corrected chi connectivity index (χ0v) is 13.1. The molecule has 0 radical (unpaired) electrons. The standard InChI is InChI=1S/C12H18N2O4S2/c1-12(2,10(15)16)9-8-19-11(13-9)14-4-3-6-20(17,18)7-5-14/h8H,3-7H2,1-2H3,(H,15,16). The molecule has 0 aromatic carbocycles. The summed E-state index contributed by atoms with van der Waals surface area (Å²) >= 11 is 1.37.